The molecular formula is C20H37Cl2NOSiZr-4. The van der Waals surface area contributed by atoms with Gasteiger partial charge in [-0.3, -0.25) is 0 Å². The summed E-state index contributed by atoms with van der Waals surface area (Å²) < 4.78 is 8.60. The smallest absolute Gasteiger partial charge is 0.0809 e. The maximum absolute atomic E-state index is 6.94. The second kappa shape index (κ2) is 20.0. The summed E-state index contributed by atoms with van der Waals surface area (Å²) in [4.78, 5) is 0. The van der Waals surface area contributed by atoms with Crippen molar-refractivity contribution in [1.29, 1.82) is 0 Å². The molecule has 0 aromatic heterocycles. The van der Waals surface area contributed by atoms with Crippen LogP contribution in [0, 0.1) is 14.4 Å². The zero-order valence-corrected chi connectivity index (χ0v) is 22.5. The van der Waals surface area contributed by atoms with Gasteiger partial charge in [-0.2, -0.15) is 17.5 Å². The van der Waals surface area contributed by atoms with E-state index in [9.17, 15) is 0 Å². The number of benzene rings is 1. The predicted octanol–water partition coefficient (Wildman–Crippen LogP) is 7.33. The monoisotopic (exact) mass is 495 g/mol. The summed E-state index contributed by atoms with van der Waals surface area (Å²) in [5.41, 5.74) is 6.69. The molecule has 0 radical (unpaired) electrons. The van der Waals surface area contributed by atoms with Crippen LogP contribution in [0.15, 0.2) is 42.5 Å². The molecule has 2 aromatic carbocycles. The molecule has 0 bridgehead atoms. The molecule has 0 saturated heterocycles. The fourth-order valence-corrected chi connectivity index (χ4v) is 1.99. The normalized spacial score (nSPS) is 9.19. The Morgan fingerprint density at radius 1 is 1.12 bits per heavy atom. The van der Waals surface area contributed by atoms with Gasteiger partial charge >= 0.3 is 28.4 Å². The molecule has 154 valence electrons. The average molecular weight is 498 g/mol. The number of hydrogen-bond donors (Lipinski definition) is 0. The number of halogens is 2. The summed E-state index contributed by atoms with van der Waals surface area (Å²) >= 11 is 1.30. The van der Waals surface area contributed by atoms with Gasteiger partial charge in [0.25, 0.3) is 0 Å². The predicted molar refractivity (Wildman–Crippen MR) is 126 cm³/mol. The average Bonchev–Trinajstić information content (AvgIpc) is 2.86. The summed E-state index contributed by atoms with van der Waals surface area (Å²) in [6, 6.07) is 14.7. The molecule has 2 aromatic rings. The zero-order valence-electron chi connectivity index (χ0n) is 17.4. The van der Waals surface area contributed by atoms with E-state index >= 15 is 0 Å². The standard InChI is InChI=1S/C9H7.C5H13OSi.C4H10N.CH3.CH2.2ClH.Zr/c1-2-5-9-7-3-6-8(9)4-1;1-5-6-7(2,3)4;1-4(2,3)5;;;;;/h1-7H;1,5H2,2-4H3;5H,1-3H3;1H3;1H2;2*1H;/q4*-1;;;;. The van der Waals surface area contributed by atoms with Gasteiger partial charge in [-0.05, 0) is 19.6 Å². The van der Waals surface area contributed by atoms with Gasteiger partial charge in [-0.25, -0.2) is 0 Å². The van der Waals surface area contributed by atoms with Gasteiger partial charge in [0.2, 0.25) is 0 Å². The Labute approximate surface area is 190 Å². The third kappa shape index (κ3) is 29.1. The van der Waals surface area contributed by atoms with Crippen LogP contribution in [-0.4, -0.2) is 24.7 Å². The molecular weight excluding hydrogens is 460 g/mol. The second-order valence-corrected chi connectivity index (χ2v) is 11.4. The Morgan fingerprint density at radius 2 is 1.54 bits per heavy atom. The van der Waals surface area contributed by atoms with Gasteiger partial charge in [0.05, 0.1) is 0 Å². The molecule has 2 rings (SSSR count). The van der Waals surface area contributed by atoms with E-state index in [4.69, 9.17) is 10.2 Å². The minimum atomic E-state index is -1.22. The first-order chi connectivity index (χ1) is 10.5. The fraction of sp³-hybridized carbons (Fsp3) is 0.400. The van der Waals surface area contributed by atoms with E-state index < -0.39 is 8.32 Å². The van der Waals surface area contributed by atoms with Crippen molar-refractivity contribution in [3.05, 3.63) is 62.5 Å². The maximum Gasteiger partial charge on any atom is -0.0809 e. The summed E-state index contributed by atoms with van der Waals surface area (Å²) in [7, 11) is -1.22. The van der Waals surface area contributed by atoms with Crippen LogP contribution in [0.1, 0.15) is 20.8 Å². The van der Waals surface area contributed by atoms with Crippen molar-refractivity contribution in [3.63, 3.8) is 0 Å². The van der Waals surface area contributed by atoms with Gasteiger partial charge < -0.3 is 24.5 Å². The quantitative estimate of drug-likeness (QED) is 0.316. The number of hydrogen-bond acceptors (Lipinski definition) is 1. The second-order valence-electron chi connectivity index (χ2n) is 6.87. The van der Waals surface area contributed by atoms with Crippen LogP contribution in [0.25, 0.3) is 16.5 Å². The van der Waals surface area contributed by atoms with E-state index in [-0.39, 0.29) is 37.8 Å². The first-order valence-electron chi connectivity index (χ1n) is 7.67. The van der Waals surface area contributed by atoms with E-state index in [1.54, 1.807) is 0 Å². The largest absolute Gasteiger partial charge is 0.358 e. The minimum absolute atomic E-state index is 0. The Balaban J connectivity index is -0.0000000795. The Kier molecular flexibility index (Phi) is 28.6. The maximum atomic E-state index is 6.94. The van der Waals surface area contributed by atoms with Crippen LogP contribution in [0.4, 0.5) is 0 Å². The van der Waals surface area contributed by atoms with E-state index in [0.29, 0.717) is 6.61 Å². The summed E-state index contributed by atoms with van der Waals surface area (Å²) in [6.45, 7) is 16.2. The van der Waals surface area contributed by atoms with Crippen LogP contribution in [0.3, 0.4) is 0 Å². The number of rotatable bonds is 2. The molecule has 0 aliphatic rings. The summed E-state index contributed by atoms with van der Waals surface area (Å²) in [5, 5.41) is 2.66. The molecule has 26 heavy (non-hydrogen) atoms. The summed E-state index contributed by atoms with van der Waals surface area (Å²) in [5.74, 6) is 0. The van der Waals surface area contributed by atoms with E-state index in [1.807, 2.05) is 20.8 Å². The third-order valence-electron chi connectivity index (χ3n) is 2.08. The van der Waals surface area contributed by atoms with Crippen LogP contribution in [0.2, 0.25) is 19.6 Å². The van der Waals surface area contributed by atoms with E-state index in [0.717, 1.165) is 0 Å². The van der Waals surface area contributed by atoms with Crippen LogP contribution in [0.5, 0.6) is 0 Å². The van der Waals surface area contributed by atoms with Crippen molar-refractivity contribution < 1.29 is 28.7 Å². The van der Waals surface area contributed by atoms with Crippen LogP contribution >= 0.6 is 24.8 Å². The van der Waals surface area contributed by atoms with E-state index in [2.05, 4.69) is 73.2 Å². The van der Waals surface area contributed by atoms with Crippen LogP contribution < -0.4 is 0 Å². The third-order valence-corrected chi connectivity index (χ3v) is 3.15. The zero-order chi connectivity index (χ0) is 18.5. The molecule has 1 N–H and O–H groups in total. The Morgan fingerprint density at radius 3 is 1.85 bits per heavy atom. The minimum Gasteiger partial charge on any atom is -0.358 e. The van der Waals surface area contributed by atoms with Crippen LogP contribution in [-0.2, 0) is 28.7 Å². The first kappa shape index (κ1) is 37.1. The van der Waals surface area contributed by atoms with Crippen molar-refractivity contribution in [2.24, 2.45) is 0 Å². The molecule has 0 aliphatic heterocycles. The molecule has 0 fully saturated rings. The molecule has 0 spiro atoms. The molecule has 0 saturated carbocycles. The van der Waals surface area contributed by atoms with Crippen molar-refractivity contribution in [1.82, 2.24) is 0 Å². The number of fused-ring (bicyclic) bond motifs is 1. The molecule has 0 aliphatic carbocycles. The molecule has 0 atom stereocenters. The Hall–Kier alpha value is 0.300. The molecule has 0 amide bonds. The van der Waals surface area contributed by atoms with Gasteiger partial charge in [-0.1, -0.05) is 33.4 Å². The summed E-state index contributed by atoms with van der Waals surface area (Å²) in [6.07, 6.45) is 0. The number of nitrogens with one attached hydrogen (secondary N) is 1. The van der Waals surface area contributed by atoms with Crippen molar-refractivity contribution in [3.8, 4) is 0 Å². The van der Waals surface area contributed by atoms with E-state index in [1.165, 1.54) is 35.0 Å². The van der Waals surface area contributed by atoms with Gasteiger partial charge in [0.15, 0.2) is 8.32 Å². The first-order valence-corrected chi connectivity index (χ1v) is 12.8. The Bertz CT molecular complexity index is 486. The van der Waals surface area contributed by atoms with Crippen molar-refractivity contribution >= 4 is 48.1 Å². The topological polar surface area (TPSA) is 33.0 Å². The SMILES string of the molecule is CC(C)(C)[NH-].Cl.Cl.[CH2-]CO[Si](C)(C)C.[CH2]=[Zr].[CH3-].c1ccc2[cH-]ccc2c1. The van der Waals surface area contributed by atoms with Crippen molar-refractivity contribution in [2.75, 3.05) is 6.61 Å². The molecule has 0 heterocycles. The van der Waals surface area contributed by atoms with Gasteiger partial charge in [0, 0.05) is 0 Å². The van der Waals surface area contributed by atoms with Crippen molar-refractivity contribution in [2.45, 2.75) is 46.0 Å². The molecule has 0 unspecified atom stereocenters. The fourth-order valence-electron chi connectivity index (χ4n) is 1.38. The molecule has 2 nitrogen and oxygen atoms in total. The molecule has 6 heteroatoms. The van der Waals surface area contributed by atoms with Gasteiger partial charge in [-0.15, -0.1) is 60.0 Å². The van der Waals surface area contributed by atoms with Gasteiger partial charge in [0.1, 0.15) is 0 Å².